The first-order valence-electron chi connectivity index (χ1n) is 11.4. The number of sulfonamides is 1. The number of fused-ring (bicyclic) bond motifs is 2. The molecule has 1 saturated heterocycles. The summed E-state index contributed by atoms with van der Waals surface area (Å²) in [4.78, 5) is 31.4. The lowest BCUT2D eigenvalue weighted by Crippen LogP contribution is -2.51. The maximum atomic E-state index is 13.5. The summed E-state index contributed by atoms with van der Waals surface area (Å²) in [7, 11) is -3.64. The van der Waals surface area contributed by atoms with Crippen LogP contribution in [0.1, 0.15) is 24.0 Å². The number of amides is 1. The molecule has 2 aromatic carbocycles. The smallest absolute Gasteiger partial charge is 0.261 e. The first-order chi connectivity index (χ1) is 16.3. The van der Waals surface area contributed by atoms with E-state index in [2.05, 4.69) is 4.98 Å². The van der Waals surface area contributed by atoms with E-state index in [1.807, 2.05) is 6.07 Å². The zero-order chi connectivity index (χ0) is 23.9. The predicted molar refractivity (Wildman–Crippen MR) is 124 cm³/mol. The third-order valence-electron chi connectivity index (χ3n) is 6.64. The van der Waals surface area contributed by atoms with Crippen molar-refractivity contribution in [1.29, 1.82) is 0 Å². The number of nitrogens with zero attached hydrogens (tertiary/aromatic N) is 4. The molecular weight excluding hydrogens is 459 g/mol. The van der Waals surface area contributed by atoms with E-state index in [-0.39, 0.29) is 44.0 Å². The fourth-order valence-electron chi connectivity index (χ4n) is 4.69. The van der Waals surface area contributed by atoms with Gasteiger partial charge in [-0.1, -0.05) is 6.07 Å². The van der Waals surface area contributed by atoms with E-state index in [0.29, 0.717) is 10.4 Å². The van der Waals surface area contributed by atoms with Gasteiger partial charge in [0.25, 0.3) is 5.56 Å². The van der Waals surface area contributed by atoms with E-state index in [1.54, 1.807) is 17.0 Å². The highest BCUT2D eigenvalue weighted by atomic mass is 32.2. The lowest BCUT2D eigenvalue weighted by Gasteiger charge is -2.34. The van der Waals surface area contributed by atoms with Crippen LogP contribution in [0, 0.1) is 5.82 Å². The van der Waals surface area contributed by atoms with E-state index in [9.17, 15) is 22.4 Å². The molecule has 3 aromatic rings. The molecule has 8 nitrogen and oxygen atoms in total. The average Bonchev–Trinajstić information content (AvgIpc) is 2.85. The summed E-state index contributed by atoms with van der Waals surface area (Å²) in [5, 5.41) is 0.108. The SMILES string of the molecule is O=C(Cn1cnc2ccc(F)cc2c1=O)N1CCN(S(=O)(=O)c2ccc3c(c2)CCCC3)CC1. The summed E-state index contributed by atoms with van der Waals surface area (Å²) in [5.74, 6) is -0.864. The molecule has 0 bridgehead atoms. The van der Waals surface area contributed by atoms with Crippen LogP contribution in [0.25, 0.3) is 10.9 Å². The van der Waals surface area contributed by atoms with Crippen LogP contribution in [0.5, 0.6) is 0 Å². The third kappa shape index (κ3) is 4.23. The summed E-state index contributed by atoms with van der Waals surface area (Å²) in [6.07, 6.45) is 5.37. The van der Waals surface area contributed by atoms with Gasteiger partial charge in [0.2, 0.25) is 15.9 Å². The molecular formula is C24H25FN4O4S. The molecule has 1 aliphatic carbocycles. The van der Waals surface area contributed by atoms with Crippen LogP contribution in [-0.4, -0.2) is 59.3 Å². The first-order valence-corrected chi connectivity index (χ1v) is 12.8. The van der Waals surface area contributed by atoms with Crippen molar-refractivity contribution in [2.24, 2.45) is 0 Å². The van der Waals surface area contributed by atoms with Gasteiger partial charge < -0.3 is 4.90 Å². The Morgan fingerprint density at radius 2 is 1.71 bits per heavy atom. The van der Waals surface area contributed by atoms with Gasteiger partial charge in [-0.3, -0.25) is 14.2 Å². The highest BCUT2D eigenvalue weighted by Gasteiger charge is 2.31. The van der Waals surface area contributed by atoms with Crippen LogP contribution in [0.3, 0.4) is 0 Å². The zero-order valence-electron chi connectivity index (χ0n) is 18.6. The van der Waals surface area contributed by atoms with Crippen LogP contribution < -0.4 is 5.56 Å². The number of piperazine rings is 1. The quantitative estimate of drug-likeness (QED) is 0.565. The number of benzene rings is 2. The van der Waals surface area contributed by atoms with E-state index in [0.717, 1.165) is 41.9 Å². The molecule has 0 saturated carbocycles. The van der Waals surface area contributed by atoms with Gasteiger partial charge >= 0.3 is 0 Å². The predicted octanol–water partition coefficient (Wildman–Crippen LogP) is 1.95. The number of hydrogen-bond acceptors (Lipinski definition) is 5. The number of aryl methyl sites for hydroxylation is 2. The molecule has 2 heterocycles. The number of halogens is 1. The summed E-state index contributed by atoms with van der Waals surface area (Å²) < 4.78 is 42.4. The Labute approximate surface area is 196 Å². The van der Waals surface area contributed by atoms with E-state index in [4.69, 9.17) is 0 Å². The Morgan fingerprint density at radius 3 is 2.47 bits per heavy atom. The Balaban J connectivity index is 1.26. The molecule has 34 heavy (non-hydrogen) atoms. The fourth-order valence-corrected chi connectivity index (χ4v) is 6.16. The molecule has 0 N–H and O–H groups in total. The maximum Gasteiger partial charge on any atom is 0.261 e. The maximum absolute atomic E-state index is 13.5. The number of aromatic nitrogens is 2. The van der Waals surface area contributed by atoms with Crippen LogP contribution in [0.15, 0.2) is 52.4 Å². The number of carbonyl (C=O) groups is 1. The molecule has 1 aliphatic heterocycles. The second-order valence-electron chi connectivity index (χ2n) is 8.76. The van der Waals surface area contributed by atoms with Gasteiger partial charge in [-0.05, 0) is 67.1 Å². The molecule has 1 fully saturated rings. The van der Waals surface area contributed by atoms with Gasteiger partial charge in [0.1, 0.15) is 12.4 Å². The van der Waals surface area contributed by atoms with Crippen molar-refractivity contribution in [2.45, 2.75) is 37.1 Å². The minimum absolute atomic E-state index is 0.108. The molecule has 0 unspecified atom stereocenters. The van der Waals surface area contributed by atoms with Gasteiger partial charge in [0.05, 0.1) is 22.1 Å². The molecule has 178 valence electrons. The van der Waals surface area contributed by atoms with Gasteiger partial charge in [-0.15, -0.1) is 0 Å². The average molecular weight is 485 g/mol. The standard InChI is InChI=1S/C24H25FN4O4S/c25-19-6-8-22-21(14-19)24(31)28(16-26-22)15-23(30)27-9-11-29(12-10-27)34(32,33)20-7-5-17-3-1-2-4-18(17)13-20/h5-8,13-14,16H,1-4,9-12,15H2. The number of hydrogen-bond donors (Lipinski definition) is 0. The van der Waals surface area contributed by atoms with Crippen molar-refractivity contribution >= 4 is 26.8 Å². The fraction of sp³-hybridized carbons (Fsp3) is 0.375. The van der Waals surface area contributed by atoms with Crippen LogP contribution >= 0.6 is 0 Å². The second kappa shape index (κ2) is 8.92. The first kappa shape index (κ1) is 22.7. The Hall–Kier alpha value is -3.11. The van der Waals surface area contributed by atoms with Crippen LogP contribution in [0.2, 0.25) is 0 Å². The topological polar surface area (TPSA) is 92.6 Å². The Morgan fingerprint density at radius 1 is 0.971 bits per heavy atom. The second-order valence-corrected chi connectivity index (χ2v) is 10.7. The van der Waals surface area contributed by atoms with Crippen LogP contribution in [-0.2, 0) is 34.2 Å². The van der Waals surface area contributed by atoms with Crippen molar-refractivity contribution in [3.05, 3.63) is 70.0 Å². The lowest BCUT2D eigenvalue weighted by molar-refractivity contribution is -0.133. The van der Waals surface area contributed by atoms with Crippen LogP contribution in [0.4, 0.5) is 4.39 Å². The summed E-state index contributed by atoms with van der Waals surface area (Å²) in [6, 6.07) is 9.14. The van der Waals surface area contributed by atoms with Crippen molar-refractivity contribution in [3.63, 3.8) is 0 Å². The van der Waals surface area contributed by atoms with E-state index >= 15 is 0 Å². The summed E-state index contributed by atoms with van der Waals surface area (Å²) in [5.41, 5.74) is 2.19. The zero-order valence-corrected chi connectivity index (χ0v) is 19.4. The largest absolute Gasteiger partial charge is 0.338 e. The molecule has 0 spiro atoms. The van der Waals surface area contributed by atoms with Gasteiger partial charge in [-0.2, -0.15) is 4.31 Å². The van der Waals surface area contributed by atoms with Gasteiger partial charge in [-0.25, -0.2) is 17.8 Å². The molecule has 0 radical (unpaired) electrons. The Kier molecular flexibility index (Phi) is 5.95. The molecule has 5 rings (SSSR count). The van der Waals surface area contributed by atoms with E-state index in [1.165, 1.54) is 28.3 Å². The number of rotatable bonds is 4. The van der Waals surface area contributed by atoms with E-state index < -0.39 is 21.4 Å². The molecule has 2 aliphatic rings. The van der Waals surface area contributed by atoms with Crippen molar-refractivity contribution in [3.8, 4) is 0 Å². The molecule has 1 amide bonds. The minimum atomic E-state index is -3.64. The highest BCUT2D eigenvalue weighted by Crippen LogP contribution is 2.26. The molecule has 10 heteroatoms. The van der Waals surface area contributed by atoms with Crippen molar-refractivity contribution in [1.82, 2.24) is 18.8 Å². The third-order valence-corrected chi connectivity index (χ3v) is 8.54. The van der Waals surface area contributed by atoms with Gasteiger partial charge in [0.15, 0.2) is 0 Å². The summed E-state index contributed by atoms with van der Waals surface area (Å²) in [6.45, 7) is 0.582. The van der Waals surface area contributed by atoms with Gasteiger partial charge in [0, 0.05) is 26.2 Å². The molecule has 1 aromatic heterocycles. The normalized spacial score (nSPS) is 17.0. The summed E-state index contributed by atoms with van der Waals surface area (Å²) >= 11 is 0. The lowest BCUT2D eigenvalue weighted by atomic mass is 9.92. The van der Waals surface area contributed by atoms with Crippen molar-refractivity contribution in [2.75, 3.05) is 26.2 Å². The number of carbonyl (C=O) groups excluding carboxylic acids is 1. The Bertz CT molecular complexity index is 1430. The minimum Gasteiger partial charge on any atom is -0.338 e. The monoisotopic (exact) mass is 484 g/mol. The highest BCUT2D eigenvalue weighted by molar-refractivity contribution is 7.89. The van der Waals surface area contributed by atoms with Crippen molar-refractivity contribution < 1.29 is 17.6 Å². The molecule has 0 atom stereocenters.